The molecule has 0 aromatic carbocycles. The van der Waals surface area contributed by atoms with Crippen LogP contribution in [0, 0.1) is 10.1 Å². The first-order valence-electron chi connectivity index (χ1n) is 4.36. The van der Waals surface area contributed by atoms with Crippen LogP contribution in [0.25, 0.3) is 0 Å². The highest BCUT2D eigenvalue weighted by molar-refractivity contribution is 8.15. The number of hydrogen-bond acceptors (Lipinski definition) is 7. The summed E-state index contributed by atoms with van der Waals surface area (Å²) in [4.78, 5) is 22.3. The van der Waals surface area contributed by atoms with Crippen molar-refractivity contribution < 1.29 is 9.72 Å². The minimum Gasteiger partial charge on any atom is -0.259 e. The van der Waals surface area contributed by atoms with E-state index in [0.29, 0.717) is 15.6 Å². The monoisotopic (exact) mass is 287 g/mol. The van der Waals surface area contributed by atoms with Crippen molar-refractivity contribution in [3.63, 3.8) is 0 Å². The third-order valence-corrected chi connectivity index (χ3v) is 4.13. The molecule has 1 amide bonds. The molecule has 0 N–H and O–H groups in total. The predicted molar refractivity (Wildman–Crippen MR) is 70.9 cm³/mol. The first-order chi connectivity index (χ1) is 8.08. The number of thiophene rings is 1. The lowest BCUT2D eigenvalue weighted by Crippen LogP contribution is -2.20. The summed E-state index contributed by atoms with van der Waals surface area (Å²) in [6.07, 6.45) is 1.40. The fraction of sp³-hybridized carbons (Fsp3) is 0.125. The molecule has 0 unspecified atom stereocenters. The zero-order valence-electron chi connectivity index (χ0n) is 8.23. The van der Waals surface area contributed by atoms with E-state index in [1.807, 2.05) is 0 Å². The summed E-state index contributed by atoms with van der Waals surface area (Å²) < 4.78 is 0. The molecule has 1 aromatic heterocycles. The van der Waals surface area contributed by atoms with E-state index in [4.69, 9.17) is 12.2 Å². The van der Waals surface area contributed by atoms with Gasteiger partial charge in [-0.25, -0.2) is 0 Å². The lowest BCUT2D eigenvalue weighted by Gasteiger charge is -2.05. The number of hydrogen-bond donors (Lipinski definition) is 0. The molecule has 1 aliphatic heterocycles. The van der Waals surface area contributed by atoms with Crippen molar-refractivity contribution in [2.45, 2.75) is 0 Å². The first kappa shape index (κ1) is 12.1. The smallest absolute Gasteiger partial charge is 0.259 e. The molecular formula is C8H5N3O3S3. The van der Waals surface area contributed by atoms with E-state index in [9.17, 15) is 14.9 Å². The molecule has 1 aromatic rings. The highest BCUT2D eigenvalue weighted by atomic mass is 32.2. The van der Waals surface area contributed by atoms with E-state index in [0.717, 1.165) is 28.1 Å². The van der Waals surface area contributed by atoms with E-state index < -0.39 is 4.92 Å². The van der Waals surface area contributed by atoms with Crippen LogP contribution >= 0.6 is 35.3 Å². The van der Waals surface area contributed by atoms with E-state index in [1.54, 1.807) is 6.07 Å². The van der Waals surface area contributed by atoms with Gasteiger partial charge in [-0.05, 0) is 6.07 Å². The summed E-state index contributed by atoms with van der Waals surface area (Å²) in [5.41, 5.74) is 0. The van der Waals surface area contributed by atoms with Crippen LogP contribution in [0.4, 0.5) is 9.80 Å². The molecular weight excluding hydrogens is 282 g/mol. The summed E-state index contributed by atoms with van der Waals surface area (Å²) >= 11 is 7.02. The van der Waals surface area contributed by atoms with Crippen LogP contribution in [0.1, 0.15) is 4.88 Å². The molecule has 1 saturated heterocycles. The van der Waals surface area contributed by atoms with E-state index in [2.05, 4.69) is 5.10 Å². The minimum atomic E-state index is -0.469. The zero-order chi connectivity index (χ0) is 12.4. The SMILES string of the molecule is O=C1SCC(=S)N1/N=C/c1ccc([N+](=O)[O-])s1. The summed E-state index contributed by atoms with van der Waals surface area (Å²) in [5.74, 6) is 0.454. The van der Waals surface area contributed by atoms with Gasteiger partial charge in [-0.1, -0.05) is 35.3 Å². The molecule has 88 valence electrons. The second kappa shape index (κ2) is 4.90. The van der Waals surface area contributed by atoms with Crippen LogP contribution < -0.4 is 0 Å². The number of carbonyl (C=O) groups excluding carboxylic acids is 1. The van der Waals surface area contributed by atoms with Crippen LogP contribution in [0.15, 0.2) is 17.2 Å². The molecule has 0 atom stereocenters. The molecule has 1 fully saturated rings. The summed E-state index contributed by atoms with van der Waals surface area (Å²) in [7, 11) is 0. The van der Waals surface area contributed by atoms with Gasteiger partial charge >= 0.3 is 10.2 Å². The van der Waals surface area contributed by atoms with E-state index in [-0.39, 0.29) is 10.2 Å². The fourth-order valence-electron chi connectivity index (χ4n) is 1.08. The van der Waals surface area contributed by atoms with Crippen molar-refractivity contribution in [1.82, 2.24) is 5.01 Å². The number of amides is 1. The molecule has 0 aliphatic carbocycles. The highest BCUT2D eigenvalue weighted by Gasteiger charge is 2.26. The maximum absolute atomic E-state index is 11.3. The van der Waals surface area contributed by atoms with Crippen molar-refractivity contribution in [2.24, 2.45) is 5.10 Å². The van der Waals surface area contributed by atoms with Gasteiger partial charge in [0.2, 0.25) is 0 Å². The Morgan fingerprint density at radius 1 is 1.59 bits per heavy atom. The maximum atomic E-state index is 11.3. The average molecular weight is 287 g/mol. The van der Waals surface area contributed by atoms with Gasteiger partial charge in [-0.2, -0.15) is 10.1 Å². The molecule has 2 heterocycles. The molecule has 1 aliphatic rings. The summed E-state index contributed by atoms with van der Waals surface area (Å²) in [6.45, 7) is 0. The Labute approximate surface area is 109 Å². The Bertz CT molecular complexity index is 509. The van der Waals surface area contributed by atoms with Gasteiger partial charge < -0.3 is 0 Å². The van der Waals surface area contributed by atoms with Crippen molar-refractivity contribution >= 4 is 56.8 Å². The zero-order valence-corrected chi connectivity index (χ0v) is 10.7. The average Bonchev–Trinajstić information content (AvgIpc) is 2.85. The standard InChI is InChI=1S/C8H5N3O3S3/c12-8-10(6(15)4-16-8)9-3-5-1-2-7(17-5)11(13)14/h1-3H,4H2/b9-3+. The van der Waals surface area contributed by atoms with E-state index >= 15 is 0 Å². The van der Waals surface area contributed by atoms with Crippen LogP contribution in [-0.2, 0) is 0 Å². The largest absolute Gasteiger partial charge is 0.324 e. The molecule has 0 saturated carbocycles. The van der Waals surface area contributed by atoms with Crippen LogP contribution in [0.3, 0.4) is 0 Å². The molecule has 2 rings (SSSR count). The highest BCUT2D eigenvalue weighted by Crippen LogP contribution is 2.24. The number of rotatable bonds is 3. The van der Waals surface area contributed by atoms with Gasteiger partial charge in [0.05, 0.1) is 21.8 Å². The molecule has 9 heteroatoms. The fourth-order valence-corrected chi connectivity index (χ4v) is 2.78. The molecule has 0 radical (unpaired) electrons. The van der Waals surface area contributed by atoms with Gasteiger partial charge in [0.25, 0.3) is 0 Å². The van der Waals surface area contributed by atoms with Crippen molar-refractivity contribution in [3.05, 3.63) is 27.1 Å². The Morgan fingerprint density at radius 2 is 2.35 bits per heavy atom. The number of nitro groups is 1. The second-order valence-electron chi connectivity index (χ2n) is 2.94. The van der Waals surface area contributed by atoms with Gasteiger partial charge in [-0.3, -0.25) is 14.9 Å². The number of thioether (sulfide) groups is 1. The Balaban J connectivity index is 2.12. The number of thiocarbonyl (C=S) groups is 1. The summed E-state index contributed by atoms with van der Waals surface area (Å²) in [6, 6.07) is 2.97. The quantitative estimate of drug-likeness (QED) is 0.369. The Hall–Kier alpha value is -1.32. The Morgan fingerprint density at radius 3 is 2.88 bits per heavy atom. The van der Waals surface area contributed by atoms with Gasteiger partial charge in [0.1, 0.15) is 4.99 Å². The number of nitrogens with zero attached hydrogens (tertiary/aromatic N) is 3. The molecule has 17 heavy (non-hydrogen) atoms. The first-order valence-corrected chi connectivity index (χ1v) is 6.57. The lowest BCUT2D eigenvalue weighted by atomic mass is 10.5. The predicted octanol–water partition coefficient (Wildman–Crippen LogP) is 2.49. The molecule has 0 spiro atoms. The normalized spacial score (nSPS) is 16.1. The maximum Gasteiger partial charge on any atom is 0.324 e. The van der Waals surface area contributed by atoms with Crippen LogP contribution in [0.5, 0.6) is 0 Å². The number of hydrazone groups is 1. The summed E-state index contributed by atoms with van der Waals surface area (Å²) in [5, 5.41) is 15.3. The third-order valence-electron chi connectivity index (χ3n) is 1.82. The number of carbonyl (C=O) groups is 1. The lowest BCUT2D eigenvalue weighted by molar-refractivity contribution is -0.380. The molecule has 6 nitrogen and oxygen atoms in total. The van der Waals surface area contributed by atoms with Crippen LogP contribution in [-0.4, -0.2) is 32.1 Å². The van der Waals surface area contributed by atoms with Crippen LogP contribution in [0.2, 0.25) is 0 Å². The van der Waals surface area contributed by atoms with Gasteiger partial charge in [0, 0.05) is 6.07 Å². The van der Waals surface area contributed by atoms with E-state index in [1.165, 1.54) is 12.3 Å². The topological polar surface area (TPSA) is 75.8 Å². The van der Waals surface area contributed by atoms with Crippen molar-refractivity contribution in [1.29, 1.82) is 0 Å². The van der Waals surface area contributed by atoms with Crippen molar-refractivity contribution in [2.75, 3.05) is 5.75 Å². The minimum absolute atomic E-state index is 0.0381. The van der Waals surface area contributed by atoms with Gasteiger partial charge in [0.15, 0.2) is 0 Å². The van der Waals surface area contributed by atoms with Crippen molar-refractivity contribution in [3.8, 4) is 0 Å². The second-order valence-corrected chi connectivity index (χ2v) is 5.43. The Kier molecular flexibility index (Phi) is 3.50. The van der Waals surface area contributed by atoms with Gasteiger partial charge in [-0.15, -0.1) is 0 Å². The molecule has 0 bridgehead atoms. The third kappa shape index (κ3) is 2.68.